The van der Waals surface area contributed by atoms with Gasteiger partial charge in [0.1, 0.15) is 22.3 Å². The summed E-state index contributed by atoms with van der Waals surface area (Å²) in [5.41, 5.74) is 0.528. The molecule has 7 nitrogen and oxygen atoms in total. The third-order valence-corrected chi connectivity index (χ3v) is 16.1. The monoisotopic (exact) mass is 1160 g/mol. The minimum absolute atomic E-state index is 0.0948. The molecule has 0 amide bonds. The molecule has 0 fully saturated rings. The molecule has 14 aromatic carbocycles. The predicted molar refractivity (Wildman–Crippen MR) is 348 cm³/mol. The van der Waals surface area contributed by atoms with E-state index in [0.29, 0.717) is 49.1 Å². The molecule has 0 aliphatic heterocycles. The lowest BCUT2D eigenvalue weighted by molar-refractivity contribution is -0.0499. The quantitative estimate of drug-likeness (QED) is 0.0738. The molecule has 415 valence electrons. The van der Waals surface area contributed by atoms with Crippen LogP contribution in [0.25, 0.3) is 142 Å². The molecule has 0 atom stereocenters. The third-order valence-electron chi connectivity index (χ3n) is 15.1. The van der Waals surface area contributed by atoms with Crippen molar-refractivity contribution < 1.29 is 58.4 Å². The maximum atomic E-state index is 12.6. The Bertz CT molecular complexity index is 5880. The van der Waals surface area contributed by atoms with Crippen molar-refractivity contribution in [3.05, 3.63) is 267 Å². The first-order valence-electron chi connectivity index (χ1n) is 32.2. The van der Waals surface area contributed by atoms with E-state index in [-0.39, 0.29) is 58.4 Å². The summed E-state index contributed by atoms with van der Waals surface area (Å²) in [7, 11) is -3.74. The molecular weight excluding hydrogens is 1100 g/mol. The van der Waals surface area contributed by atoms with E-state index in [2.05, 4.69) is 42.9 Å². The van der Waals surface area contributed by atoms with Gasteiger partial charge in [-0.15, -0.1) is 0 Å². The molecule has 0 saturated carbocycles. The molecule has 13 heteroatoms. The molecular formula is C73H47B2F3O7S-. The molecule has 0 saturated heterocycles. The van der Waals surface area contributed by atoms with E-state index in [4.69, 9.17) is 23.9 Å². The van der Waals surface area contributed by atoms with Crippen molar-refractivity contribution in [2.45, 2.75) is 5.51 Å². The van der Waals surface area contributed by atoms with Gasteiger partial charge in [-0.3, -0.25) is 0 Å². The fourth-order valence-corrected chi connectivity index (χ4v) is 12.1. The second-order valence-corrected chi connectivity index (χ2v) is 21.5. The Kier molecular flexibility index (Phi) is 11.2. The van der Waals surface area contributed by atoms with Crippen molar-refractivity contribution in [2.24, 2.45) is 0 Å². The van der Waals surface area contributed by atoms with Gasteiger partial charge >= 0.3 is 22.7 Å². The van der Waals surface area contributed by atoms with Crippen molar-refractivity contribution in [1.82, 2.24) is 0 Å². The summed E-state index contributed by atoms with van der Waals surface area (Å²) in [4.78, 5) is 0. The molecule has 2 N–H and O–H groups in total. The van der Waals surface area contributed by atoms with Crippen molar-refractivity contribution in [1.29, 1.82) is 1.34 Å². The summed E-state index contributed by atoms with van der Waals surface area (Å²) in [5, 5.41) is 32.5. The fourth-order valence-electron chi connectivity index (χ4n) is 11.6. The van der Waals surface area contributed by atoms with E-state index in [1.165, 1.54) is 12.1 Å². The first-order chi connectivity index (χ1) is 46.5. The minimum Gasteiger partial charge on any atom is -0.652 e. The van der Waals surface area contributed by atoms with Crippen molar-refractivity contribution in [3.63, 3.8) is 0 Å². The van der Waals surface area contributed by atoms with Crippen LogP contribution in [0.15, 0.2) is 276 Å². The van der Waals surface area contributed by atoms with Gasteiger partial charge in [0, 0.05) is 16.2 Å². The highest BCUT2D eigenvalue weighted by molar-refractivity contribution is 7.88. The average molecular weight is 1160 g/mol. The molecule has 2 heterocycles. The first kappa shape index (κ1) is 43.5. The van der Waals surface area contributed by atoms with Crippen LogP contribution in [-0.2, 0) is 10.1 Å². The number of hydrogen-bond donors (Lipinski definition) is 2. The van der Waals surface area contributed by atoms with E-state index < -0.39 is 52.7 Å². The molecule has 0 aliphatic carbocycles. The summed E-state index contributed by atoms with van der Waals surface area (Å²) in [6, 6.07) is 60.1. The molecule has 0 unspecified atom stereocenters. The van der Waals surface area contributed by atoms with Gasteiger partial charge in [0.2, 0.25) is 0 Å². The lowest BCUT2D eigenvalue weighted by Gasteiger charge is -2.18. The van der Waals surface area contributed by atoms with Gasteiger partial charge in [-0.25, -0.2) is 0 Å². The summed E-state index contributed by atoms with van der Waals surface area (Å²) in [6.07, 6.45) is 0. The Labute approximate surface area is 508 Å². The number of alkyl halides is 3. The number of hydrogen-bond acceptors (Lipinski definition) is 7. The normalized spacial score (nSPS) is 13.5. The van der Waals surface area contributed by atoms with Crippen LogP contribution >= 0.6 is 0 Å². The second kappa shape index (κ2) is 22.1. The van der Waals surface area contributed by atoms with Crippen molar-refractivity contribution >= 4 is 140 Å². The van der Waals surface area contributed by atoms with Gasteiger partial charge < -0.3 is 32.8 Å². The van der Waals surface area contributed by atoms with Crippen molar-refractivity contribution in [3.8, 4) is 39.1 Å². The Morgan fingerprint density at radius 2 is 0.779 bits per heavy atom. The third kappa shape index (κ3) is 9.61. The first-order valence-corrected chi connectivity index (χ1v) is 28.0. The highest BCUT2D eigenvalue weighted by Crippen LogP contribution is 2.48. The van der Waals surface area contributed by atoms with Crippen LogP contribution in [0.5, 0.6) is 5.75 Å². The zero-order valence-corrected chi connectivity index (χ0v) is 45.6. The largest absolute Gasteiger partial charge is 0.652 e. The van der Waals surface area contributed by atoms with E-state index in [1.54, 1.807) is 60.7 Å². The maximum Gasteiger partial charge on any atom is 0.534 e. The summed E-state index contributed by atoms with van der Waals surface area (Å²) >= 11 is 0. The van der Waals surface area contributed by atoms with Crippen LogP contribution in [0, 0.1) is 0 Å². The van der Waals surface area contributed by atoms with Gasteiger partial charge in [0.25, 0.3) is 0 Å². The molecule has 0 aliphatic rings. The number of furan rings is 2. The number of benzene rings is 14. The Morgan fingerprint density at radius 3 is 1.21 bits per heavy atom. The lowest BCUT2D eigenvalue weighted by atomic mass is 9.72. The highest BCUT2D eigenvalue weighted by atomic mass is 32.2. The summed E-state index contributed by atoms with van der Waals surface area (Å²) < 4.78 is 165. The number of rotatable bonds is 6. The summed E-state index contributed by atoms with van der Waals surface area (Å²) in [5.74, 6) is -0.427. The van der Waals surface area contributed by atoms with Crippen LogP contribution in [-0.4, -0.2) is 40.8 Å². The van der Waals surface area contributed by atoms with Crippen LogP contribution in [0.2, 0.25) is 0 Å². The molecule has 86 heavy (non-hydrogen) atoms. The van der Waals surface area contributed by atoms with Gasteiger partial charge in [0.05, 0.1) is 19.1 Å². The zero-order chi connectivity index (χ0) is 68.7. The Hall–Kier alpha value is -10.2. The van der Waals surface area contributed by atoms with E-state index in [9.17, 15) is 31.6 Å². The van der Waals surface area contributed by atoms with Gasteiger partial charge in [-0.2, -0.15) is 21.6 Å². The van der Waals surface area contributed by atoms with E-state index >= 15 is 0 Å². The SMILES string of the molecule is O=S(=O)(Oc1cccc2oc3cc4ccccc4cc3c12)C(F)(F)F.[2H][B-].[2H]c1c([2H])c([2H])c(-c2c3ccccc3c(-c3cccc4oc5cc6ccccc6cc5c34)c3ccccc23)c([2H])c1[2H].[2H]c1c([2H])c([2H])c(-c2c3ccccc3c(B(O)O)c3ccccc23)c([2H])c1[2H]. The Morgan fingerprint density at radius 1 is 0.419 bits per heavy atom. The van der Waals surface area contributed by atoms with Gasteiger partial charge in [-0.1, -0.05) is 224 Å². The molecule has 2 aromatic heterocycles. The number of fused-ring (bicyclic) bond motifs is 12. The van der Waals surface area contributed by atoms with Crippen LogP contribution < -0.4 is 9.65 Å². The standard InChI is InChI=1S/C36H22O.C20H15BO2.C17H9F3O4S.BH/c1-2-11-23(12-3-1)34-26-15-6-8-17-28(26)35(29-18-9-7-16-27(29)34)30-19-10-20-32-36(30)31-21-24-13-4-5-14-25(24)22-33(31)37-32;22-21(23)20-17-12-6-4-10-15(17)19(14-8-2-1-3-9-14)16-11-5-7-13-18(16)20;18-17(19,20)25(21,22)24-14-7-3-6-13-16(14)12-8-10-4-1-2-5-11(10)9-15(12)23-13;/h1-22H;1-13,22-23H;1-9H;1H/q;;;-1/i1D,2D,3D,11D,12D;1D,2D,3D,8D,9D;;1D. The van der Waals surface area contributed by atoms with Crippen LogP contribution in [0.3, 0.4) is 0 Å². The lowest BCUT2D eigenvalue weighted by Crippen LogP contribution is -2.31. The van der Waals surface area contributed by atoms with Gasteiger partial charge in [0.15, 0.2) is 5.75 Å². The highest BCUT2D eigenvalue weighted by Gasteiger charge is 2.49. The topological polar surface area (TPSA) is 110 Å². The zero-order valence-electron chi connectivity index (χ0n) is 55.8. The fraction of sp³-hybridized carbons (Fsp3) is 0.0137. The van der Waals surface area contributed by atoms with E-state index in [1.807, 2.05) is 97.1 Å². The van der Waals surface area contributed by atoms with Gasteiger partial charge in [-0.05, 0) is 146 Å². The van der Waals surface area contributed by atoms with E-state index in [0.717, 1.165) is 82.2 Å². The molecule has 16 aromatic rings. The number of halogens is 3. The van der Waals surface area contributed by atoms with Crippen LogP contribution in [0.1, 0.15) is 13.7 Å². The second-order valence-electron chi connectivity index (χ2n) is 20.0. The molecule has 16 rings (SSSR count). The van der Waals surface area contributed by atoms with Crippen molar-refractivity contribution in [2.75, 3.05) is 0 Å². The smallest absolute Gasteiger partial charge is 0.534 e. The molecule has 0 bridgehead atoms. The average Bonchev–Trinajstić information content (AvgIpc) is 1.06. The molecule has 0 spiro atoms. The Balaban J connectivity index is 0.000000135. The van der Waals surface area contributed by atoms with Crippen LogP contribution in [0.4, 0.5) is 13.2 Å². The predicted octanol–water partition coefficient (Wildman–Crippen LogP) is 18.0. The molecule has 3 radical (unpaired) electrons. The maximum absolute atomic E-state index is 12.6. The summed E-state index contributed by atoms with van der Waals surface area (Å²) in [6.45, 7) is 0. The minimum atomic E-state index is -5.77.